The summed E-state index contributed by atoms with van der Waals surface area (Å²) < 4.78 is 5.54. The predicted octanol–water partition coefficient (Wildman–Crippen LogP) is 5.70. The van der Waals surface area contributed by atoms with Crippen LogP contribution in [-0.2, 0) is 12.8 Å². The van der Waals surface area contributed by atoms with Gasteiger partial charge in [-0.25, -0.2) is 9.78 Å². The van der Waals surface area contributed by atoms with Crippen LogP contribution in [-0.4, -0.2) is 22.6 Å². The summed E-state index contributed by atoms with van der Waals surface area (Å²) in [7, 11) is 0. The molecular formula is C25H26N4O2. The third kappa shape index (κ3) is 5.22. The third-order valence-corrected chi connectivity index (χ3v) is 4.98. The number of H-pyrrole nitrogens is 1. The number of aromatic nitrogens is 2. The second kappa shape index (κ2) is 9.34. The first kappa shape index (κ1) is 20.5. The van der Waals surface area contributed by atoms with Gasteiger partial charge in [0, 0.05) is 12.1 Å². The Morgan fingerprint density at radius 3 is 2.61 bits per heavy atom. The number of ether oxygens (including phenoxy) is 1. The molecule has 3 N–H and O–H groups in total. The molecule has 1 aromatic heterocycles. The summed E-state index contributed by atoms with van der Waals surface area (Å²) in [4.78, 5) is 20.4. The Bertz CT molecular complexity index is 1180. The zero-order valence-corrected chi connectivity index (χ0v) is 17.7. The standard InChI is InChI=1S/C25H26N4O2/c1-3-31-23-7-5-4-6-21(23)29-25(30)26-19-12-9-18(10-13-19)11-15-24-27-20-14-8-17(2)16-22(20)28-24/h4-10,12-14,16H,3,11,15H2,1-2H3,(H,27,28)(H2,26,29,30). The molecule has 6 heteroatoms. The maximum Gasteiger partial charge on any atom is 0.323 e. The molecule has 0 saturated heterocycles. The van der Waals surface area contributed by atoms with Gasteiger partial charge in [-0.05, 0) is 67.8 Å². The lowest BCUT2D eigenvalue weighted by Gasteiger charge is -2.12. The molecule has 0 unspecified atom stereocenters. The molecule has 0 fully saturated rings. The first-order chi connectivity index (χ1) is 15.1. The number of hydrogen-bond donors (Lipinski definition) is 3. The van der Waals surface area contributed by atoms with Gasteiger partial charge in [0.05, 0.1) is 23.3 Å². The highest BCUT2D eigenvalue weighted by Gasteiger charge is 2.08. The van der Waals surface area contributed by atoms with Gasteiger partial charge in [0.1, 0.15) is 11.6 Å². The van der Waals surface area contributed by atoms with Crippen LogP contribution in [0.15, 0.2) is 66.7 Å². The van der Waals surface area contributed by atoms with Crippen molar-refractivity contribution < 1.29 is 9.53 Å². The summed E-state index contributed by atoms with van der Waals surface area (Å²) in [6, 6.07) is 21.2. The maximum atomic E-state index is 12.4. The Hall–Kier alpha value is -3.80. The number of benzene rings is 3. The molecule has 158 valence electrons. The van der Waals surface area contributed by atoms with E-state index in [1.54, 1.807) is 0 Å². The van der Waals surface area contributed by atoms with Crippen LogP contribution in [0.5, 0.6) is 5.75 Å². The van der Waals surface area contributed by atoms with Gasteiger partial charge < -0.3 is 20.4 Å². The molecular weight excluding hydrogens is 388 g/mol. The monoisotopic (exact) mass is 414 g/mol. The molecule has 31 heavy (non-hydrogen) atoms. The quantitative estimate of drug-likeness (QED) is 0.363. The predicted molar refractivity (Wildman–Crippen MR) is 125 cm³/mol. The minimum Gasteiger partial charge on any atom is -0.492 e. The van der Waals surface area contributed by atoms with Crippen LogP contribution in [0, 0.1) is 6.92 Å². The molecule has 6 nitrogen and oxygen atoms in total. The van der Waals surface area contributed by atoms with Gasteiger partial charge in [0.15, 0.2) is 0 Å². The van der Waals surface area contributed by atoms with E-state index in [4.69, 9.17) is 4.74 Å². The Kier molecular flexibility index (Phi) is 6.17. The Labute approximate surface area is 181 Å². The highest BCUT2D eigenvalue weighted by molar-refractivity contribution is 6.00. The van der Waals surface area contributed by atoms with E-state index < -0.39 is 0 Å². The topological polar surface area (TPSA) is 79.0 Å². The van der Waals surface area contributed by atoms with E-state index in [0.29, 0.717) is 18.0 Å². The van der Waals surface area contributed by atoms with Crippen LogP contribution in [0.25, 0.3) is 11.0 Å². The summed E-state index contributed by atoms with van der Waals surface area (Å²) in [6.07, 6.45) is 1.70. The number of imidazole rings is 1. The van der Waals surface area contributed by atoms with Gasteiger partial charge in [-0.3, -0.25) is 0 Å². The van der Waals surface area contributed by atoms with E-state index in [-0.39, 0.29) is 6.03 Å². The van der Waals surface area contributed by atoms with Crippen molar-refractivity contribution in [1.82, 2.24) is 9.97 Å². The summed E-state index contributed by atoms with van der Waals surface area (Å²) in [5.74, 6) is 1.63. The van der Waals surface area contributed by atoms with E-state index in [2.05, 4.69) is 39.7 Å². The molecule has 2 amide bonds. The number of aromatic amines is 1. The van der Waals surface area contributed by atoms with Gasteiger partial charge in [0.2, 0.25) is 0 Å². The average Bonchev–Trinajstić information content (AvgIpc) is 3.17. The molecule has 0 atom stereocenters. The number of nitrogens with one attached hydrogen (secondary N) is 3. The van der Waals surface area contributed by atoms with Crippen LogP contribution >= 0.6 is 0 Å². The SMILES string of the molecule is CCOc1ccccc1NC(=O)Nc1ccc(CCc2nc3ccc(C)cc3[nH]2)cc1. The Balaban J connectivity index is 1.33. The van der Waals surface area contributed by atoms with Crippen molar-refractivity contribution in [3.63, 3.8) is 0 Å². The van der Waals surface area contributed by atoms with Crippen molar-refractivity contribution in [2.75, 3.05) is 17.2 Å². The Morgan fingerprint density at radius 2 is 1.81 bits per heavy atom. The van der Waals surface area contributed by atoms with Crippen molar-refractivity contribution in [1.29, 1.82) is 0 Å². The number of rotatable bonds is 7. The van der Waals surface area contributed by atoms with E-state index >= 15 is 0 Å². The van der Waals surface area contributed by atoms with Crippen molar-refractivity contribution in [2.45, 2.75) is 26.7 Å². The van der Waals surface area contributed by atoms with Crippen molar-refractivity contribution in [2.24, 2.45) is 0 Å². The summed E-state index contributed by atoms with van der Waals surface area (Å²) in [5, 5.41) is 5.69. The first-order valence-electron chi connectivity index (χ1n) is 10.4. The van der Waals surface area contributed by atoms with Gasteiger partial charge in [-0.1, -0.05) is 30.3 Å². The molecule has 0 aliphatic carbocycles. The number of carbonyl (C=O) groups is 1. The molecule has 0 aliphatic rings. The van der Waals surface area contributed by atoms with Gasteiger partial charge in [-0.15, -0.1) is 0 Å². The number of amides is 2. The number of aryl methyl sites for hydroxylation is 3. The minimum absolute atomic E-state index is 0.308. The number of urea groups is 1. The molecule has 4 aromatic rings. The lowest BCUT2D eigenvalue weighted by Crippen LogP contribution is -2.19. The highest BCUT2D eigenvalue weighted by Crippen LogP contribution is 2.24. The zero-order chi connectivity index (χ0) is 21.6. The first-order valence-corrected chi connectivity index (χ1v) is 10.4. The van der Waals surface area contributed by atoms with Gasteiger partial charge >= 0.3 is 6.03 Å². The van der Waals surface area contributed by atoms with E-state index in [9.17, 15) is 4.79 Å². The molecule has 0 radical (unpaired) electrons. The number of carbonyl (C=O) groups excluding carboxylic acids is 1. The third-order valence-electron chi connectivity index (χ3n) is 4.98. The summed E-state index contributed by atoms with van der Waals surface area (Å²) in [5.41, 5.74) is 5.85. The van der Waals surface area contributed by atoms with Crippen LogP contribution in [0.4, 0.5) is 16.2 Å². The maximum absolute atomic E-state index is 12.4. The van der Waals surface area contributed by atoms with E-state index in [0.717, 1.165) is 35.4 Å². The normalized spacial score (nSPS) is 10.8. The second-order valence-electron chi connectivity index (χ2n) is 7.41. The average molecular weight is 415 g/mol. The molecule has 1 heterocycles. The minimum atomic E-state index is -0.308. The molecule has 3 aromatic carbocycles. The van der Waals surface area contributed by atoms with E-state index in [1.165, 1.54) is 11.1 Å². The second-order valence-corrected chi connectivity index (χ2v) is 7.41. The number of fused-ring (bicyclic) bond motifs is 1. The largest absolute Gasteiger partial charge is 0.492 e. The molecule has 0 bridgehead atoms. The van der Waals surface area contributed by atoms with Crippen molar-refractivity contribution in [3.8, 4) is 5.75 Å². The lowest BCUT2D eigenvalue weighted by atomic mass is 10.1. The summed E-state index contributed by atoms with van der Waals surface area (Å²) in [6.45, 7) is 4.52. The smallest absolute Gasteiger partial charge is 0.323 e. The number of para-hydroxylation sites is 2. The zero-order valence-electron chi connectivity index (χ0n) is 17.7. The molecule has 0 saturated carbocycles. The fourth-order valence-corrected chi connectivity index (χ4v) is 3.45. The van der Waals surface area contributed by atoms with Crippen LogP contribution in [0.2, 0.25) is 0 Å². The van der Waals surface area contributed by atoms with Crippen LogP contribution in [0.1, 0.15) is 23.9 Å². The number of nitrogens with zero attached hydrogens (tertiary/aromatic N) is 1. The van der Waals surface area contributed by atoms with Crippen molar-refractivity contribution in [3.05, 3.63) is 83.7 Å². The van der Waals surface area contributed by atoms with Crippen molar-refractivity contribution >= 4 is 28.4 Å². The van der Waals surface area contributed by atoms with Gasteiger partial charge in [-0.2, -0.15) is 0 Å². The molecule has 0 aliphatic heterocycles. The lowest BCUT2D eigenvalue weighted by molar-refractivity contribution is 0.262. The number of hydrogen-bond acceptors (Lipinski definition) is 3. The molecule has 0 spiro atoms. The van der Waals surface area contributed by atoms with E-state index in [1.807, 2.05) is 61.5 Å². The number of anilines is 2. The van der Waals surface area contributed by atoms with Crippen LogP contribution in [0.3, 0.4) is 0 Å². The fourth-order valence-electron chi connectivity index (χ4n) is 3.45. The van der Waals surface area contributed by atoms with Crippen LogP contribution < -0.4 is 15.4 Å². The highest BCUT2D eigenvalue weighted by atomic mass is 16.5. The Morgan fingerprint density at radius 1 is 1.00 bits per heavy atom. The van der Waals surface area contributed by atoms with Gasteiger partial charge in [0.25, 0.3) is 0 Å². The summed E-state index contributed by atoms with van der Waals surface area (Å²) >= 11 is 0. The molecule has 4 rings (SSSR count). The fraction of sp³-hybridized carbons (Fsp3) is 0.200.